The zero-order chi connectivity index (χ0) is 10.4. The van der Waals surface area contributed by atoms with Gasteiger partial charge in [-0.15, -0.1) is 35.6 Å². The zero-order valence-electron chi connectivity index (χ0n) is 7.97. The molecule has 0 unspecified atom stereocenters. The SMILES string of the molecule is Cl.ClCCCNc1ccnc(CCl)c1Cl. The van der Waals surface area contributed by atoms with Crippen molar-refractivity contribution in [2.24, 2.45) is 0 Å². The summed E-state index contributed by atoms with van der Waals surface area (Å²) >= 11 is 17.3. The second-order valence-electron chi connectivity index (χ2n) is 2.72. The molecule has 1 N–H and O–H groups in total. The summed E-state index contributed by atoms with van der Waals surface area (Å²) in [4.78, 5) is 4.06. The van der Waals surface area contributed by atoms with E-state index in [0.717, 1.165) is 18.7 Å². The first kappa shape index (κ1) is 15.1. The number of aromatic nitrogens is 1. The first-order valence-electron chi connectivity index (χ1n) is 4.28. The molecule has 1 aromatic rings. The number of alkyl halides is 2. The van der Waals surface area contributed by atoms with Crippen LogP contribution in [-0.2, 0) is 5.88 Å². The van der Waals surface area contributed by atoms with E-state index in [0.29, 0.717) is 22.5 Å². The van der Waals surface area contributed by atoms with Gasteiger partial charge in [0.2, 0.25) is 0 Å². The van der Waals surface area contributed by atoms with Crippen molar-refractivity contribution in [2.75, 3.05) is 17.7 Å². The number of nitrogens with one attached hydrogen (secondary N) is 1. The molecule has 6 heteroatoms. The van der Waals surface area contributed by atoms with Crippen molar-refractivity contribution < 1.29 is 0 Å². The summed E-state index contributed by atoms with van der Waals surface area (Å²) in [5.41, 5.74) is 1.56. The Morgan fingerprint density at radius 2 is 2.07 bits per heavy atom. The minimum atomic E-state index is 0. The normalized spacial score (nSPS) is 9.53. The molecule has 1 aromatic heterocycles. The number of nitrogens with zero attached hydrogens (tertiary/aromatic N) is 1. The molecule has 2 nitrogen and oxygen atoms in total. The summed E-state index contributed by atoms with van der Waals surface area (Å²) in [5.74, 6) is 0.960. The van der Waals surface area contributed by atoms with Gasteiger partial charge in [-0.1, -0.05) is 11.6 Å². The van der Waals surface area contributed by atoms with Gasteiger partial charge in [0.25, 0.3) is 0 Å². The molecule has 0 saturated carbocycles. The number of hydrogen-bond acceptors (Lipinski definition) is 2. The van der Waals surface area contributed by atoms with E-state index < -0.39 is 0 Å². The third-order valence-electron chi connectivity index (χ3n) is 1.71. The van der Waals surface area contributed by atoms with Crippen molar-refractivity contribution in [1.82, 2.24) is 4.98 Å². The second kappa shape index (κ2) is 8.28. The Labute approximate surface area is 111 Å². The van der Waals surface area contributed by atoms with Gasteiger partial charge in [-0.2, -0.15) is 0 Å². The molecule has 0 radical (unpaired) electrons. The first-order valence-corrected chi connectivity index (χ1v) is 5.73. The minimum absolute atomic E-state index is 0. The average Bonchev–Trinajstić information content (AvgIpc) is 2.21. The summed E-state index contributed by atoms with van der Waals surface area (Å²) < 4.78 is 0. The van der Waals surface area contributed by atoms with Crippen molar-refractivity contribution in [3.05, 3.63) is 23.0 Å². The maximum Gasteiger partial charge on any atom is 0.0865 e. The van der Waals surface area contributed by atoms with E-state index in [1.165, 1.54) is 0 Å². The van der Waals surface area contributed by atoms with Crippen molar-refractivity contribution in [2.45, 2.75) is 12.3 Å². The van der Waals surface area contributed by atoms with Crippen LogP contribution < -0.4 is 5.32 Å². The average molecular weight is 290 g/mol. The molecule has 0 saturated heterocycles. The Morgan fingerprint density at radius 3 is 2.67 bits per heavy atom. The maximum absolute atomic E-state index is 6.05. The van der Waals surface area contributed by atoms with Gasteiger partial charge in [-0.3, -0.25) is 4.98 Å². The van der Waals surface area contributed by atoms with Gasteiger partial charge in [0.05, 0.1) is 22.3 Å². The van der Waals surface area contributed by atoms with E-state index in [9.17, 15) is 0 Å². The standard InChI is InChI=1S/C9H11Cl3N2.ClH/c10-3-1-4-13-7-2-5-14-8(6-11)9(7)12;/h2,5H,1,3-4,6H2,(H,13,14);1H. The topological polar surface area (TPSA) is 24.9 Å². The van der Waals surface area contributed by atoms with E-state index in [1.54, 1.807) is 6.20 Å². The highest BCUT2D eigenvalue weighted by Gasteiger charge is 2.05. The number of pyridine rings is 1. The van der Waals surface area contributed by atoms with Crippen molar-refractivity contribution in [3.8, 4) is 0 Å². The van der Waals surface area contributed by atoms with Crippen molar-refractivity contribution in [3.63, 3.8) is 0 Å². The third-order valence-corrected chi connectivity index (χ3v) is 2.66. The van der Waals surface area contributed by atoms with Gasteiger partial charge in [0, 0.05) is 18.6 Å². The van der Waals surface area contributed by atoms with Gasteiger partial charge in [-0.05, 0) is 12.5 Å². The Kier molecular flexibility index (Phi) is 8.34. The van der Waals surface area contributed by atoms with E-state index in [-0.39, 0.29) is 12.4 Å². The van der Waals surface area contributed by atoms with Crippen LogP contribution in [0.3, 0.4) is 0 Å². The Balaban J connectivity index is 0.00000196. The summed E-state index contributed by atoms with van der Waals surface area (Å²) in [6, 6.07) is 1.83. The first-order chi connectivity index (χ1) is 6.79. The van der Waals surface area contributed by atoms with Gasteiger partial charge in [0.1, 0.15) is 0 Å². The maximum atomic E-state index is 6.05. The van der Waals surface area contributed by atoms with E-state index >= 15 is 0 Å². The van der Waals surface area contributed by atoms with Gasteiger partial charge in [-0.25, -0.2) is 0 Å². The molecule has 86 valence electrons. The Bertz CT molecular complexity index is 293. The molecule has 0 spiro atoms. The monoisotopic (exact) mass is 288 g/mol. The lowest BCUT2D eigenvalue weighted by Crippen LogP contribution is -2.03. The molecular weight excluding hydrogens is 278 g/mol. The second-order valence-corrected chi connectivity index (χ2v) is 3.75. The van der Waals surface area contributed by atoms with Crippen LogP contribution >= 0.6 is 47.2 Å². The minimum Gasteiger partial charge on any atom is -0.384 e. The Morgan fingerprint density at radius 1 is 1.33 bits per heavy atom. The molecule has 0 aliphatic carbocycles. The highest BCUT2D eigenvalue weighted by atomic mass is 35.5. The van der Waals surface area contributed by atoms with Gasteiger partial charge >= 0.3 is 0 Å². The van der Waals surface area contributed by atoms with E-state index in [2.05, 4.69) is 10.3 Å². The van der Waals surface area contributed by atoms with Gasteiger partial charge < -0.3 is 5.32 Å². The molecule has 0 aromatic carbocycles. The lowest BCUT2D eigenvalue weighted by atomic mass is 10.3. The molecule has 1 rings (SSSR count). The van der Waals surface area contributed by atoms with Gasteiger partial charge in [0.15, 0.2) is 0 Å². The molecule has 0 aliphatic heterocycles. The molecule has 0 bridgehead atoms. The van der Waals surface area contributed by atoms with Crippen LogP contribution in [0, 0.1) is 0 Å². The number of anilines is 1. The van der Waals surface area contributed by atoms with Crippen LogP contribution in [0.4, 0.5) is 5.69 Å². The fourth-order valence-electron chi connectivity index (χ4n) is 1.01. The highest BCUT2D eigenvalue weighted by molar-refractivity contribution is 6.34. The highest BCUT2D eigenvalue weighted by Crippen LogP contribution is 2.24. The lowest BCUT2D eigenvalue weighted by molar-refractivity contribution is 0.984. The number of hydrogen-bond donors (Lipinski definition) is 1. The van der Waals surface area contributed by atoms with Crippen LogP contribution in [0.5, 0.6) is 0 Å². The van der Waals surface area contributed by atoms with Crippen LogP contribution in [0.1, 0.15) is 12.1 Å². The smallest absolute Gasteiger partial charge is 0.0865 e. The summed E-state index contributed by atoms with van der Waals surface area (Å²) in [6.07, 6.45) is 2.59. The molecule has 0 fully saturated rings. The van der Waals surface area contributed by atoms with E-state index in [1.807, 2.05) is 6.07 Å². The molecule has 0 atom stereocenters. The molecule has 1 heterocycles. The quantitative estimate of drug-likeness (QED) is 0.656. The third kappa shape index (κ3) is 4.64. The van der Waals surface area contributed by atoms with Crippen LogP contribution in [0.25, 0.3) is 0 Å². The number of rotatable bonds is 5. The van der Waals surface area contributed by atoms with Crippen molar-refractivity contribution in [1.29, 1.82) is 0 Å². The Hall–Kier alpha value is 0.110. The molecule has 15 heavy (non-hydrogen) atoms. The van der Waals surface area contributed by atoms with Crippen molar-refractivity contribution >= 4 is 52.9 Å². The van der Waals surface area contributed by atoms with Crippen LogP contribution in [0.15, 0.2) is 12.3 Å². The molecular formula is C9H12Cl4N2. The summed E-state index contributed by atoms with van der Waals surface area (Å²) in [5, 5.41) is 3.77. The largest absolute Gasteiger partial charge is 0.384 e. The lowest BCUT2D eigenvalue weighted by Gasteiger charge is -2.08. The van der Waals surface area contributed by atoms with E-state index in [4.69, 9.17) is 34.8 Å². The number of halogens is 4. The summed E-state index contributed by atoms with van der Waals surface area (Å²) in [7, 11) is 0. The predicted molar refractivity (Wildman–Crippen MR) is 69.9 cm³/mol. The molecule has 0 aliphatic rings. The fourth-order valence-corrected chi connectivity index (χ4v) is 1.66. The zero-order valence-corrected chi connectivity index (χ0v) is 11.1. The van der Waals surface area contributed by atoms with Crippen LogP contribution in [-0.4, -0.2) is 17.4 Å². The molecule has 0 amide bonds. The predicted octanol–water partition coefficient (Wildman–Crippen LogP) is 3.94. The summed E-state index contributed by atoms with van der Waals surface area (Å²) in [6.45, 7) is 0.801. The van der Waals surface area contributed by atoms with Crippen LogP contribution in [0.2, 0.25) is 5.02 Å². The fraction of sp³-hybridized carbons (Fsp3) is 0.444.